The van der Waals surface area contributed by atoms with Gasteiger partial charge in [0.25, 0.3) is 0 Å². The van der Waals surface area contributed by atoms with Gasteiger partial charge in [0.05, 0.1) is 6.04 Å². The van der Waals surface area contributed by atoms with Crippen molar-refractivity contribution in [2.75, 3.05) is 13.1 Å². The van der Waals surface area contributed by atoms with Crippen molar-refractivity contribution in [3.8, 4) is 0 Å². The van der Waals surface area contributed by atoms with Crippen LogP contribution in [0.15, 0.2) is 24.3 Å². The normalized spacial score (nSPS) is 20.5. The predicted molar refractivity (Wildman–Crippen MR) is 60.0 cm³/mol. The first-order valence-electron chi connectivity index (χ1n) is 5.01. The van der Waals surface area contributed by atoms with E-state index >= 15 is 0 Å². The summed E-state index contributed by atoms with van der Waals surface area (Å²) in [6, 6.07) is 7.68. The summed E-state index contributed by atoms with van der Waals surface area (Å²) in [5.41, 5.74) is 1.06. The zero-order chi connectivity index (χ0) is 10.8. The van der Waals surface area contributed by atoms with Crippen LogP contribution < -0.4 is 5.32 Å². The van der Waals surface area contributed by atoms with Crippen LogP contribution in [0.3, 0.4) is 0 Å². The fourth-order valence-electron chi connectivity index (χ4n) is 1.77. The van der Waals surface area contributed by atoms with Crippen molar-refractivity contribution in [3.05, 3.63) is 34.9 Å². The molecule has 1 aromatic rings. The number of nitrogens with one attached hydrogen (secondary N) is 1. The van der Waals surface area contributed by atoms with Crippen molar-refractivity contribution in [1.82, 2.24) is 10.2 Å². The molecule has 1 N–H and O–H groups in total. The van der Waals surface area contributed by atoms with Crippen molar-refractivity contribution < 1.29 is 4.79 Å². The van der Waals surface area contributed by atoms with Gasteiger partial charge in [0, 0.05) is 18.1 Å². The van der Waals surface area contributed by atoms with E-state index in [1.165, 1.54) is 0 Å². The molecule has 0 radical (unpaired) electrons. The van der Waals surface area contributed by atoms with Gasteiger partial charge >= 0.3 is 6.03 Å². The van der Waals surface area contributed by atoms with E-state index < -0.39 is 0 Å². The van der Waals surface area contributed by atoms with Gasteiger partial charge in [-0.1, -0.05) is 23.7 Å². The molecule has 0 spiro atoms. The minimum Gasteiger partial charge on any atom is -0.329 e. The van der Waals surface area contributed by atoms with E-state index in [0.717, 1.165) is 18.7 Å². The van der Waals surface area contributed by atoms with Crippen LogP contribution >= 0.6 is 11.6 Å². The lowest BCUT2D eigenvalue weighted by Gasteiger charge is -2.11. The molecule has 0 aliphatic carbocycles. The molecule has 1 heterocycles. The maximum atomic E-state index is 11.5. The smallest absolute Gasteiger partial charge is 0.318 e. The Morgan fingerprint density at radius 1 is 1.60 bits per heavy atom. The molecule has 15 heavy (non-hydrogen) atoms. The average molecular weight is 225 g/mol. The summed E-state index contributed by atoms with van der Waals surface area (Å²) in [6.45, 7) is 3.43. The van der Waals surface area contributed by atoms with E-state index in [1.807, 2.05) is 31.2 Å². The summed E-state index contributed by atoms with van der Waals surface area (Å²) >= 11 is 5.90. The number of carbonyl (C=O) groups is 1. The highest BCUT2D eigenvalue weighted by atomic mass is 35.5. The number of nitrogens with zero attached hydrogens (tertiary/aromatic N) is 1. The van der Waals surface area contributed by atoms with Gasteiger partial charge < -0.3 is 10.2 Å². The van der Waals surface area contributed by atoms with Gasteiger partial charge in [0.1, 0.15) is 0 Å². The fourth-order valence-corrected chi connectivity index (χ4v) is 1.97. The average Bonchev–Trinajstić information content (AvgIpc) is 2.60. The molecule has 4 heteroatoms. The molecule has 1 fully saturated rings. The Morgan fingerprint density at radius 2 is 2.40 bits per heavy atom. The molecule has 0 saturated carbocycles. The minimum atomic E-state index is 0.00229. The first-order valence-corrected chi connectivity index (χ1v) is 5.39. The lowest BCUT2D eigenvalue weighted by Crippen LogP contribution is -2.27. The van der Waals surface area contributed by atoms with E-state index in [1.54, 1.807) is 4.90 Å². The summed E-state index contributed by atoms with van der Waals surface area (Å²) in [7, 11) is 0. The summed E-state index contributed by atoms with van der Waals surface area (Å²) < 4.78 is 0. The standard InChI is InChI=1S/C11H13ClN2O/c1-2-14-7-10(13-11(14)15)8-4-3-5-9(12)6-8/h3-6,10H,2,7H2,1H3,(H,13,15). The zero-order valence-electron chi connectivity index (χ0n) is 8.53. The molecule has 3 nitrogen and oxygen atoms in total. The molecule has 1 aliphatic heterocycles. The van der Waals surface area contributed by atoms with Crippen LogP contribution in [0, 0.1) is 0 Å². The Labute approximate surface area is 94.0 Å². The Balaban J connectivity index is 2.17. The van der Waals surface area contributed by atoms with Gasteiger partial charge in [-0.05, 0) is 24.6 Å². The lowest BCUT2D eigenvalue weighted by atomic mass is 10.1. The number of halogens is 1. The van der Waals surface area contributed by atoms with E-state index in [-0.39, 0.29) is 12.1 Å². The van der Waals surface area contributed by atoms with Gasteiger partial charge in [0.15, 0.2) is 0 Å². The van der Waals surface area contributed by atoms with Crippen LogP contribution in [0.1, 0.15) is 18.5 Å². The van der Waals surface area contributed by atoms with Crippen molar-refractivity contribution in [1.29, 1.82) is 0 Å². The number of benzene rings is 1. The predicted octanol–water partition coefficient (Wildman–Crippen LogP) is 2.43. The van der Waals surface area contributed by atoms with E-state index in [4.69, 9.17) is 11.6 Å². The van der Waals surface area contributed by atoms with Gasteiger partial charge in [-0.2, -0.15) is 0 Å². The Morgan fingerprint density at radius 3 is 3.00 bits per heavy atom. The molecule has 1 atom stereocenters. The summed E-state index contributed by atoms with van der Waals surface area (Å²) in [5, 5.41) is 3.63. The van der Waals surface area contributed by atoms with Crippen LogP contribution in [0.2, 0.25) is 5.02 Å². The highest BCUT2D eigenvalue weighted by Gasteiger charge is 2.28. The molecular weight excluding hydrogens is 212 g/mol. The molecular formula is C11H13ClN2O. The molecule has 1 aliphatic rings. The quantitative estimate of drug-likeness (QED) is 0.822. The Kier molecular flexibility index (Phi) is 2.82. The van der Waals surface area contributed by atoms with E-state index in [0.29, 0.717) is 5.02 Å². The lowest BCUT2D eigenvalue weighted by molar-refractivity contribution is 0.219. The molecule has 1 aromatic carbocycles. The highest BCUT2D eigenvalue weighted by Crippen LogP contribution is 2.22. The monoisotopic (exact) mass is 224 g/mol. The highest BCUT2D eigenvalue weighted by molar-refractivity contribution is 6.30. The number of urea groups is 1. The summed E-state index contributed by atoms with van der Waals surface area (Å²) in [5.74, 6) is 0. The third-order valence-electron chi connectivity index (χ3n) is 2.62. The van der Waals surface area contributed by atoms with E-state index in [9.17, 15) is 4.79 Å². The van der Waals surface area contributed by atoms with Crippen molar-refractivity contribution in [3.63, 3.8) is 0 Å². The molecule has 2 amide bonds. The van der Waals surface area contributed by atoms with Crippen LogP contribution in [-0.4, -0.2) is 24.0 Å². The number of hydrogen-bond donors (Lipinski definition) is 1. The van der Waals surface area contributed by atoms with Crippen LogP contribution in [0.25, 0.3) is 0 Å². The summed E-state index contributed by atoms with van der Waals surface area (Å²) in [4.78, 5) is 13.2. The topological polar surface area (TPSA) is 32.3 Å². The van der Waals surface area contributed by atoms with Crippen molar-refractivity contribution >= 4 is 17.6 Å². The number of rotatable bonds is 2. The molecule has 80 valence electrons. The largest absolute Gasteiger partial charge is 0.329 e. The second-order valence-corrected chi connectivity index (χ2v) is 4.03. The number of carbonyl (C=O) groups excluding carboxylic acids is 1. The minimum absolute atomic E-state index is 0.00229. The van der Waals surface area contributed by atoms with Crippen LogP contribution in [0.4, 0.5) is 4.79 Å². The Hall–Kier alpha value is -1.22. The van der Waals surface area contributed by atoms with Gasteiger partial charge in [-0.15, -0.1) is 0 Å². The molecule has 0 bridgehead atoms. The third-order valence-corrected chi connectivity index (χ3v) is 2.86. The van der Waals surface area contributed by atoms with E-state index in [2.05, 4.69) is 5.32 Å². The maximum absolute atomic E-state index is 11.5. The molecule has 2 rings (SSSR count). The number of amides is 2. The van der Waals surface area contributed by atoms with Gasteiger partial charge in [0.2, 0.25) is 0 Å². The maximum Gasteiger partial charge on any atom is 0.318 e. The first kappa shape index (κ1) is 10.3. The summed E-state index contributed by atoms with van der Waals surface area (Å²) in [6.07, 6.45) is 0. The van der Waals surface area contributed by atoms with Crippen molar-refractivity contribution in [2.45, 2.75) is 13.0 Å². The number of likely N-dealkylation sites (N-methyl/N-ethyl adjacent to an activating group) is 1. The fraction of sp³-hybridized carbons (Fsp3) is 0.364. The van der Waals surface area contributed by atoms with Crippen LogP contribution in [0.5, 0.6) is 0 Å². The first-order chi connectivity index (χ1) is 7.20. The second kappa shape index (κ2) is 4.11. The molecule has 1 unspecified atom stereocenters. The SMILES string of the molecule is CCN1CC(c2cccc(Cl)c2)NC1=O. The third kappa shape index (κ3) is 2.07. The van der Waals surface area contributed by atoms with Crippen LogP contribution in [-0.2, 0) is 0 Å². The zero-order valence-corrected chi connectivity index (χ0v) is 9.29. The van der Waals surface area contributed by atoms with Crippen molar-refractivity contribution in [2.24, 2.45) is 0 Å². The number of hydrogen-bond acceptors (Lipinski definition) is 1. The van der Waals surface area contributed by atoms with Gasteiger partial charge in [-0.3, -0.25) is 0 Å². The molecule has 0 aromatic heterocycles. The Bertz CT molecular complexity index is 381. The second-order valence-electron chi connectivity index (χ2n) is 3.60. The molecule has 1 saturated heterocycles. The van der Waals surface area contributed by atoms with Gasteiger partial charge in [-0.25, -0.2) is 4.79 Å².